The molecule has 3 N–H and O–H groups in total. The van der Waals surface area contributed by atoms with Gasteiger partial charge in [-0.15, -0.1) is 0 Å². The van der Waals surface area contributed by atoms with Crippen molar-refractivity contribution in [3.63, 3.8) is 0 Å². The summed E-state index contributed by atoms with van der Waals surface area (Å²) >= 11 is 5.22. The third-order valence-corrected chi connectivity index (χ3v) is 3.85. The summed E-state index contributed by atoms with van der Waals surface area (Å²) in [4.78, 5) is 11.8. The fourth-order valence-corrected chi connectivity index (χ4v) is 3.10. The molecule has 0 spiro atoms. The van der Waals surface area contributed by atoms with Crippen molar-refractivity contribution < 1.29 is 13.9 Å². The van der Waals surface area contributed by atoms with Crippen LogP contribution in [0.4, 0.5) is 4.39 Å². The van der Waals surface area contributed by atoms with Crippen LogP contribution >= 0.6 is 12.2 Å². The number of primary amides is 1. The van der Waals surface area contributed by atoms with Gasteiger partial charge in [0.1, 0.15) is 10.8 Å². The van der Waals surface area contributed by atoms with Crippen LogP contribution in [0.3, 0.4) is 0 Å². The smallest absolute Gasteiger partial charge is 0.248 e. The van der Waals surface area contributed by atoms with E-state index in [9.17, 15) is 9.18 Å². The highest BCUT2D eigenvalue weighted by atomic mass is 32.1. The SMILES string of the molecule is CC1(C)C[C@@](C)(c2cc(C(N)=O)ccc2F)NC(=S)CO1. The molecule has 4 nitrogen and oxygen atoms in total. The molecule has 0 radical (unpaired) electrons. The van der Waals surface area contributed by atoms with E-state index in [1.165, 1.54) is 18.2 Å². The number of carbonyl (C=O) groups excluding carboxylic acids is 1. The first-order valence-corrected chi connectivity index (χ1v) is 7.09. The molecule has 1 saturated heterocycles. The van der Waals surface area contributed by atoms with Crippen LogP contribution < -0.4 is 11.1 Å². The molecule has 1 fully saturated rings. The Morgan fingerprint density at radius 1 is 1.43 bits per heavy atom. The Kier molecular flexibility index (Phi) is 4.04. The Labute approximate surface area is 128 Å². The van der Waals surface area contributed by atoms with E-state index in [1.54, 1.807) is 0 Å². The predicted molar refractivity (Wildman–Crippen MR) is 82.7 cm³/mol. The molecule has 114 valence electrons. The second kappa shape index (κ2) is 5.35. The lowest BCUT2D eigenvalue weighted by atomic mass is 9.81. The van der Waals surface area contributed by atoms with Crippen LogP contribution in [0.15, 0.2) is 18.2 Å². The van der Waals surface area contributed by atoms with Crippen molar-refractivity contribution >= 4 is 23.1 Å². The van der Waals surface area contributed by atoms with Crippen LogP contribution in [0.1, 0.15) is 43.1 Å². The zero-order valence-corrected chi connectivity index (χ0v) is 13.1. The lowest BCUT2D eigenvalue weighted by Crippen LogP contribution is -2.45. The van der Waals surface area contributed by atoms with Crippen molar-refractivity contribution in [2.45, 2.75) is 38.3 Å². The molecule has 1 aliphatic heterocycles. The van der Waals surface area contributed by atoms with Gasteiger partial charge in [0.25, 0.3) is 0 Å². The molecular weight excluding hydrogens is 291 g/mol. The number of halogens is 1. The van der Waals surface area contributed by atoms with E-state index in [1.807, 2.05) is 20.8 Å². The van der Waals surface area contributed by atoms with E-state index in [-0.39, 0.29) is 12.2 Å². The number of benzene rings is 1. The normalized spacial score (nSPS) is 25.0. The fraction of sp³-hybridized carbons (Fsp3) is 0.467. The molecular formula is C15H19FN2O2S. The van der Waals surface area contributed by atoms with E-state index in [0.717, 1.165) is 0 Å². The Balaban J connectivity index is 2.53. The molecule has 1 amide bonds. The zero-order chi connectivity index (χ0) is 15.8. The highest BCUT2D eigenvalue weighted by Gasteiger charge is 2.39. The first-order valence-electron chi connectivity index (χ1n) is 6.68. The topological polar surface area (TPSA) is 64.4 Å². The number of hydrogen-bond acceptors (Lipinski definition) is 3. The Morgan fingerprint density at radius 2 is 2.10 bits per heavy atom. The van der Waals surface area contributed by atoms with Crippen molar-refractivity contribution in [3.05, 3.63) is 35.1 Å². The number of nitrogens with two attached hydrogens (primary N) is 1. The maximum atomic E-state index is 14.3. The summed E-state index contributed by atoms with van der Waals surface area (Å²) in [5.41, 5.74) is 4.67. The molecule has 1 aromatic rings. The number of hydrogen-bond donors (Lipinski definition) is 2. The van der Waals surface area contributed by atoms with Crippen molar-refractivity contribution in [2.75, 3.05) is 6.61 Å². The lowest BCUT2D eigenvalue weighted by Gasteiger charge is -2.35. The largest absolute Gasteiger partial charge is 0.368 e. The minimum absolute atomic E-state index is 0.267. The van der Waals surface area contributed by atoms with Gasteiger partial charge < -0.3 is 15.8 Å². The summed E-state index contributed by atoms with van der Waals surface area (Å²) < 4.78 is 20.0. The molecule has 0 aliphatic carbocycles. The monoisotopic (exact) mass is 310 g/mol. The summed E-state index contributed by atoms with van der Waals surface area (Å²) in [6.45, 7) is 5.99. The highest BCUT2D eigenvalue weighted by Crippen LogP contribution is 2.35. The van der Waals surface area contributed by atoms with Crippen molar-refractivity contribution in [1.29, 1.82) is 0 Å². The summed E-state index contributed by atoms with van der Waals surface area (Å²) in [6, 6.07) is 4.11. The second-order valence-corrected chi connectivity index (χ2v) is 6.66. The number of thiocarbonyl (C=S) groups is 1. The molecule has 0 unspecified atom stereocenters. The Hall–Kier alpha value is -1.53. The van der Waals surface area contributed by atoms with Gasteiger partial charge in [-0.3, -0.25) is 4.79 Å². The quantitative estimate of drug-likeness (QED) is 0.823. The Bertz CT molecular complexity index is 603. The average Bonchev–Trinajstić information content (AvgIpc) is 2.45. The molecule has 1 heterocycles. The highest BCUT2D eigenvalue weighted by molar-refractivity contribution is 7.80. The molecule has 0 bridgehead atoms. The third kappa shape index (κ3) is 3.39. The lowest BCUT2D eigenvalue weighted by molar-refractivity contribution is -0.00903. The molecule has 0 saturated carbocycles. The maximum absolute atomic E-state index is 14.3. The second-order valence-electron chi connectivity index (χ2n) is 6.16. The van der Waals surface area contributed by atoms with Gasteiger partial charge in [0.05, 0.1) is 17.7 Å². The van der Waals surface area contributed by atoms with Gasteiger partial charge in [0.2, 0.25) is 5.91 Å². The van der Waals surface area contributed by atoms with Gasteiger partial charge in [-0.1, -0.05) is 12.2 Å². The van der Waals surface area contributed by atoms with Gasteiger partial charge in [-0.25, -0.2) is 4.39 Å². The van der Waals surface area contributed by atoms with Gasteiger partial charge in [0, 0.05) is 17.5 Å². The molecule has 1 aliphatic rings. The maximum Gasteiger partial charge on any atom is 0.248 e. The molecule has 1 aromatic carbocycles. The third-order valence-electron chi connectivity index (χ3n) is 3.63. The van der Waals surface area contributed by atoms with Crippen LogP contribution in [0.5, 0.6) is 0 Å². The van der Waals surface area contributed by atoms with Crippen LogP contribution in [0, 0.1) is 5.82 Å². The van der Waals surface area contributed by atoms with Crippen LogP contribution in [-0.2, 0) is 10.3 Å². The van der Waals surface area contributed by atoms with E-state index >= 15 is 0 Å². The first kappa shape index (κ1) is 15.9. The molecule has 0 aromatic heterocycles. The number of nitrogens with one attached hydrogen (secondary N) is 1. The number of ether oxygens (including phenoxy) is 1. The minimum Gasteiger partial charge on any atom is -0.368 e. The van der Waals surface area contributed by atoms with Crippen LogP contribution in [0.2, 0.25) is 0 Å². The minimum atomic E-state index is -0.771. The average molecular weight is 310 g/mol. The van der Waals surface area contributed by atoms with E-state index in [2.05, 4.69) is 5.32 Å². The van der Waals surface area contributed by atoms with E-state index in [0.29, 0.717) is 17.0 Å². The Morgan fingerprint density at radius 3 is 2.71 bits per heavy atom. The van der Waals surface area contributed by atoms with E-state index in [4.69, 9.17) is 22.7 Å². The molecule has 6 heteroatoms. The van der Waals surface area contributed by atoms with Gasteiger partial charge in [-0.05, 0) is 39.0 Å². The van der Waals surface area contributed by atoms with Crippen LogP contribution in [0.25, 0.3) is 0 Å². The molecule has 2 rings (SSSR count). The van der Waals surface area contributed by atoms with Gasteiger partial charge in [-0.2, -0.15) is 0 Å². The standard InChI is InChI=1S/C15H19FN2O2S/c1-14(2)8-15(3,18-12(21)7-20-14)10-6-9(13(17)19)4-5-11(10)16/h4-6H,7-8H2,1-3H3,(H2,17,19)(H,18,21)/t15-/m0/s1. The summed E-state index contributed by atoms with van der Waals surface area (Å²) in [5.74, 6) is -0.998. The van der Waals surface area contributed by atoms with Crippen molar-refractivity contribution in [3.8, 4) is 0 Å². The first-order chi connectivity index (χ1) is 9.63. The number of rotatable bonds is 2. The van der Waals surface area contributed by atoms with Crippen molar-refractivity contribution in [1.82, 2.24) is 5.32 Å². The van der Waals surface area contributed by atoms with Gasteiger partial charge >= 0.3 is 0 Å². The summed E-state index contributed by atoms with van der Waals surface area (Å²) in [7, 11) is 0. The predicted octanol–water partition coefficient (Wildman–Crippen LogP) is 2.26. The fourth-order valence-electron chi connectivity index (χ4n) is 2.82. The number of carbonyl (C=O) groups is 1. The van der Waals surface area contributed by atoms with E-state index < -0.39 is 22.9 Å². The summed E-state index contributed by atoms with van der Waals surface area (Å²) in [6.07, 6.45) is 0.499. The summed E-state index contributed by atoms with van der Waals surface area (Å²) in [5, 5.41) is 3.15. The van der Waals surface area contributed by atoms with Crippen molar-refractivity contribution in [2.24, 2.45) is 5.73 Å². The van der Waals surface area contributed by atoms with Crippen LogP contribution in [-0.4, -0.2) is 23.1 Å². The molecule has 1 atom stereocenters. The zero-order valence-electron chi connectivity index (χ0n) is 12.3. The number of amides is 1. The van der Waals surface area contributed by atoms with Gasteiger partial charge in [0.15, 0.2) is 0 Å². The molecule has 21 heavy (non-hydrogen) atoms.